The molecule has 0 amide bonds. The van der Waals surface area contributed by atoms with Crippen molar-refractivity contribution in [1.82, 2.24) is 0 Å². The standard InChI is InChI=1S/C26H40O4/c1-5-7-9-11-13-23-21-15-18-26(30-20-28-4)24(14-12-10-8-6-2)22(21)16-17-25(23)29-19-27-3/h15-18H,5-14,19-20H2,1-4H3. The van der Waals surface area contributed by atoms with Crippen LogP contribution in [0, 0.1) is 0 Å². The molecule has 2 rings (SSSR count). The highest BCUT2D eigenvalue weighted by Crippen LogP contribution is 2.36. The van der Waals surface area contributed by atoms with E-state index >= 15 is 0 Å². The zero-order chi connectivity index (χ0) is 21.6. The van der Waals surface area contributed by atoms with Crippen molar-refractivity contribution in [3.8, 4) is 11.5 Å². The molecule has 168 valence electrons. The van der Waals surface area contributed by atoms with Gasteiger partial charge in [0.25, 0.3) is 0 Å². The van der Waals surface area contributed by atoms with Gasteiger partial charge in [-0.05, 0) is 48.6 Å². The van der Waals surface area contributed by atoms with Gasteiger partial charge in [0.05, 0.1) is 0 Å². The molecule has 0 atom stereocenters. The van der Waals surface area contributed by atoms with Gasteiger partial charge in [-0.25, -0.2) is 0 Å². The third-order valence-corrected chi connectivity index (χ3v) is 5.56. The van der Waals surface area contributed by atoms with Crippen molar-refractivity contribution in [2.45, 2.75) is 78.1 Å². The first-order valence-corrected chi connectivity index (χ1v) is 11.6. The Morgan fingerprint density at radius 3 is 1.37 bits per heavy atom. The summed E-state index contributed by atoms with van der Waals surface area (Å²) in [5.74, 6) is 1.87. The number of aryl methyl sites for hydroxylation is 2. The van der Waals surface area contributed by atoms with Crippen molar-refractivity contribution in [2.24, 2.45) is 0 Å². The molecule has 0 heterocycles. The summed E-state index contributed by atoms with van der Waals surface area (Å²) in [5.41, 5.74) is 2.57. The van der Waals surface area contributed by atoms with Crippen molar-refractivity contribution in [3.63, 3.8) is 0 Å². The molecule has 0 bridgehead atoms. The predicted octanol–water partition coefficient (Wildman–Crippen LogP) is 7.05. The zero-order valence-electron chi connectivity index (χ0n) is 19.4. The van der Waals surface area contributed by atoms with E-state index in [9.17, 15) is 0 Å². The Hall–Kier alpha value is -1.78. The van der Waals surface area contributed by atoms with E-state index in [1.807, 2.05) is 0 Å². The molecule has 4 nitrogen and oxygen atoms in total. The highest BCUT2D eigenvalue weighted by molar-refractivity contribution is 5.92. The maximum atomic E-state index is 5.93. The molecule has 0 aromatic heterocycles. The van der Waals surface area contributed by atoms with E-state index in [2.05, 4.69) is 38.1 Å². The normalized spacial score (nSPS) is 11.2. The molecule has 0 aliphatic carbocycles. The molecule has 4 heteroatoms. The number of benzene rings is 2. The molecular weight excluding hydrogens is 376 g/mol. The van der Waals surface area contributed by atoms with Gasteiger partial charge in [0.1, 0.15) is 11.5 Å². The van der Waals surface area contributed by atoms with Gasteiger partial charge in [-0.1, -0.05) is 64.5 Å². The fraction of sp³-hybridized carbons (Fsp3) is 0.615. The van der Waals surface area contributed by atoms with E-state index in [0.717, 1.165) is 24.3 Å². The van der Waals surface area contributed by atoms with Crippen LogP contribution < -0.4 is 9.47 Å². The molecule has 0 aliphatic rings. The molecule has 0 fully saturated rings. The highest BCUT2D eigenvalue weighted by Gasteiger charge is 2.15. The van der Waals surface area contributed by atoms with Crippen molar-refractivity contribution in [2.75, 3.05) is 27.8 Å². The summed E-state index contributed by atoms with van der Waals surface area (Å²) < 4.78 is 22.2. The van der Waals surface area contributed by atoms with Crippen molar-refractivity contribution in [1.29, 1.82) is 0 Å². The van der Waals surface area contributed by atoms with Gasteiger partial charge >= 0.3 is 0 Å². The monoisotopic (exact) mass is 416 g/mol. The lowest BCUT2D eigenvalue weighted by Crippen LogP contribution is -2.05. The molecule has 0 spiro atoms. The summed E-state index contributed by atoms with van der Waals surface area (Å²) in [6, 6.07) is 8.58. The largest absolute Gasteiger partial charge is 0.467 e. The van der Waals surface area contributed by atoms with Crippen LogP contribution in [0.1, 0.15) is 76.3 Å². The van der Waals surface area contributed by atoms with Gasteiger partial charge in [0.2, 0.25) is 0 Å². The minimum Gasteiger partial charge on any atom is -0.467 e. The molecular formula is C26H40O4. The Morgan fingerprint density at radius 2 is 1.00 bits per heavy atom. The third kappa shape index (κ3) is 7.17. The quantitative estimate of drug-likeness (QED) is 0.217. The first kappa shape index (κ1) is 24.5. The summed E-state index contributed by atoms with van der Waals surface area (Å²) in [4.78, 5) is 0. The smallest absolute Gasteiger partial charge is 0.188 e. The van der Waals surface area contributed by atoms with E-state index in [1.165, 1.54) is 73.3 Å². The topological polar surface area (TPSA) is 36.9 Å². The second kappa shape index (κ2) is 14.3. The lowest BCUT2D eigenvalue weighted by Gasteiger charge is -2.18. The number of methoxy groups -OCH3 is 2. The fourth-order valence-corrected chi connectivity index (χ4v) is 3.98. The molecule has 0 N–H and O–H groups in total. The van der Waals surface area contributed by atoms with E-state index in [1.54, 1.807) is 14.2 Å². The van der Waals surface area contributed by atoms with Gasteiger partial charge < -0.3 is 18.9 Å². The lowest BCUT2D eigenvalue weighted by atomic mass is 9.93. The van der Waals surface area contributed by atoms with Crippen LogP contribution in [0.25, 0.3) is 10.8 Å². The van der Waals surface area contributed by atoms with Crippen LogP contribution in [0.5, 0.6) is 11.5 Å². The Kier molecular flexibility index (Phi) is 11.6. The minimum absolute atomic E-state index is 0.270. The van der Waals surface area contributed by atoms with Crippen molar-refractivity contribution >= 4 is 10.8 Å². The Bertz CT molecular complexity index is 678. The average molecular weight is 417 g/mol. The van der Waals surface area contributed by atoms with Gasteiger partial charge in [-0.3, -0.25) is 0 Å². The fourth-order valence-electron chi connectivity index (χ4n) is 3.98. The molecule has 2 aromatic carbocycles. The first-order valence-electron chi connectivity index (χ1n) is 11.6. The number of unbranched alkanes of at least 4 members (excludes halogenated alkanes) is 6. The molecule has 0 radical (unpaired) electrons. The van der Waals surface area contributed by atoms with Crippen LogP contribution in [-0.2, 0) is 22.3 Å². The Labute approximate surface area is 182 Å². The molecule has 0 aliphatic heterocycles. The van der Waals surface area contributed by atoms with Gasteiger partial charge in [0, 0.05) is 25.3 Å². The zero-order valence-corrected chi connectivity index (χ0v) is 19.4. The Morgan fingerprint density at radius 1 is 0.567 bits per heavy atom. The lowest BCUT2D eigenvalue weighted by molar-refractivity contribution is 0.0501. The summed E-state index contributed by atoms with van der Waals surface area (Å²) >= 11 is 0. The Balaban J connectivity index is 2.41. The van der Waals surface area contributed by atoms with E-state index in [-0.39, 0.29) is 13.6 Å². The first-order chi connectivity index (χ1) is 14.8. The number of rotatable bonds is 16. The van der Waals surface area contributed by atoms with Crippen LogP contribution in [-0.4, -0.2) is 27.8 Å². The summed E-state index contributed by atoms with van der Waals surface area (Å²) in [6.07, 6.45) is 11.9. The average Bonchev–Trinajstić information content (AvgIpc) is 2.77. The molecule has 0 saturated carbocycles. The highest BCUT2D eigenvalue weighted by atomic mass is 16.7. The second-order valence-corrected chi connectivity index (χ2v) is 7.90. The van der Waals surface area contributed by atoms with Crippen LogP contribution >= 0.6 is 0 Å². The summed E-state index contributed by atoms with van der Waals surface area (Å²) in [5, 5.41) is 2.55. The van der Waals surface area contributed by atoms with Crippen molar-refractivity contribution < 1.29 is 18.9 Å². The molecule has 0 unspecified atom stereocenters. The van der Waals surface area contributed by atoms with Crippen LogP contribution in [0.2, 0.25) is 0 Å². The van der Waals surface area contributed by atoms with Crippen LogP contribution in [0.3, 0.4) is 0 Å². The van der Waals surface area contributed by atoms with Crippen LogP contribution in [0.15, 0.2) is 24.3 Å². The second-order valence-electron chi connectivity index (χ2n) is 7.90. The van der Waals surface area contributed by atoms with Gasteiger partial charge in [-0.2, -0.15) is 0 Å². The number of fused-ring (bicyclic) bond motifs is 1. The van der Waals surface area contributed by atoms with Crippen molar-refractivity contribution in [3.05, 3.63) is 35.4 Å². The van der Waals surface area contributed by atoms with E-state index < -0.39 is 0 Å². The molecule has 2 aromatic rings. The summed E-state index contributed by atoms with van der Waals surface area (Å²) in [6.45, 7) is 5.04. The number of ether oxygens (including phenoxy) is 4. The minimum atomic E-state index is 0.270. The molecule has 30 heavy (non-hydrogen) atoms. The third-order valence-electron chi connectivity index (χ3n) is 5.56. The van der Waals surface area contributed by atoms with E-state index in [0.29, 0.717) is 0 Å². The summed E-state index contributed by atoms with van der Waals surface area (Å²) in [7, 11) is 3.32. The maximum absolute atomic E-state index is 5.93. The predicted molar refractivity (Wildman–Crippen MR) is 125 cm³/mol. The van der Waals surface area contributed by atoms with Crippen LogP contribution in [0.4, 0.5) is 0 Å². The number of hydrogen-bond donors (Lipinski definition) is 0. The number of hydrogen-bond acceptors (Lipinski definition) is 4. The SMILES string of the molecule is CCCCCCc1c(OCOC)ccc2c(CCCCCC)c(OCOC)ccc12. The van der Waals surface area contributed by atoms with E-state index in [4.69, 9.17) is 18.9 Å². The maximum Gasteiger partial charge on any atom is 0.188 e. The van der Waals surface area contributed by atoms with Gasteiger partial charge in [-0.15, -0.1) is 0 Å². The van der Waals surface area contributed by atoms with Gasteiger partial charge in [0.15, 0.2) is 13.6 Å². The molecule has 0 saturated heterocycles.